The predicted octanol–water partition coefficient (Wildman–Crippen LogP) is 2.23. The quantitative estimate of drug-likeness (QED) is 0.362. The third-order valence-electron chi connectivity index (χ3n) is 4.20. The largest absolute Gasteiger partial charge is 0.351 e. The number of nitrogens with zero attached hydrogens (tertiary/aromatic N) is 3. The second-order valence-electron chi connectivity index (χ2n) is 5.67. The molecule has 114 valence electrons. The SMILES string of the molecule is C#CC1C=CC2(CCN(c3nc(C)ccc3[N+](=O)[O-])CC2)O1. The van der Waals surface area contributed by atoms with Crippen LogP contribution in [-0.4, -0.2) is 34.7 Å². The van der Waals surface area contributed by atoms with Crippen LogP contribution in [0.15, 0.2) is 24.3 Å². The van der Waals surface area contributed by atoms with Crippen molar-refractivity contribution in [1.82, 2.24) is 4.98 Å². The Balaban J connectivity index is 1.78. The molecule has 1 unspecified atom stereocenters. The number of anilines is 1. The highest BCUT2D eigenvalue weighted by molar-refractivity contribution is 5.58. The Bertz CT molecular complexity index is 670. The maximum atomic E-state index is 11.2. The van der Waals surface area contributed by atoms with Crippen LogP contribution in [0.25, 0.3) is 0 Å². The molecule has 3 rings (SSSR count). The van der Waals surface area contributed by atoms with Crippen LogP contribution in [0, 0.1) is 29.4 Å². The van der Waals surface area contributed by atoms with E-state index in [1.807, 2.05) is 24.0 Å². The fraction of sp³-hybridized carbons (Fsp3) is 0.438. The molecule has 3 heterocycles. The van der Waals surface area contributed by atoms with Crippen molar-refractivity contribution >= 4 is 11.5 Å². The molecule has 2 aliphatic rings. The van der Waals surface area contributed by atoms with Crippen molar-refractivity contribution in [3.63, 3.8) is 0 Å². The standard InChI is InChI=1S/C16H17N3O3/c1-3-13-6-7-16(22-13)8-10-18(11-9-16)15-14(19(20)21)5-4-12(2)17-15/h1,4-7,13H,8-11H2,2H3. The molecule has 1 spiro atoms. The minimum absolute atomic E-state index is 0.0472. The summed E-state index contributed by atoms with van der Waals surface area (Å²) in [6, 6.07) is 3.18. The molecule has 0 amide bonds. The zero-order valence-corrected chi connectivity index (χ0v) is 12.4. The summed E-state index contributed by atoms with van der Waals surface area (Å²) in [5, 5.41) is 11.2. The van der Waals surface area contributed by atoms with E-state index in [2.05, 4.69) is 10.9 Å². The highest BCUT2D eigenvalue weighted by Crippen LogP contribution is 2.36. The molecular formula is C16H17N3O3. The first kappa shape index (κ1) is 14.5. The molecule has 0 N–H and O–H groups in total. The third kappa shape index (κ3) is 2.55. The number of hydrogen-bond donors (Lipinski definition) is 0. The lowest BCUT2D eigenvalue weighted by Crippen LogP contribution is -2.44. The zero-order chi connectivity index (χ0) is 15.7. The van der Waals surface area contributed by atoms with Crippen LogP contribution in [0.3, 0.4) is 0 Å². The summed E-state index contributed by atoms with van der Waals surface area (Å²) in [4.78, 5) is 17.1. The molecular weight excluding hydrogens is 282 g/mol. The van der Waals surface area contributed by atoms with E-state index in [1.54, 1.807) is 6.07 Å². The highest BCUT2D eigenvalue weighted by Gasteiger charge is 2.39. The van der Waals surface area contributed by atoms with Gasteiger partial charge >= 0.3 is 5.69 Å². The summed E-state index contributed by atoms with van der Waals surface area (Å²) >= 11 is 0. The van der Waals surface area contributed by atoms with Gasteiger partial charge in [-0.25, -0.2) is 4.98 Å². The number of piperidine rings is 1. The minimum atomic E-state index is -0.382. The smallest absolute Gasteiger partial charge is 0.311 e. The number of hydrogen-bond acceptors (Lipinski definition) is 5. The number of nitro groups is 1. The van der Waals surface area contributed by atoms with Crippen molar-refractivity contribution in [1.29, 1.82) is 0 Å². The van der Waals surface area contributed by atoms with Gasteiger partial charge in [0.1, 0.15) is 6.10 Å². The van der Waals surface area contributed by atoms with Crippen LogP contribution in [0.1, 0.15) is 18.5 Å². The van der Waals surface area contributed by atoms with Crippen molar-refractivity contribution < 1.29 is 9.66 Å². The average Bonchev–Trinajstić information content (AvgIpc) is 2.91. The Labute approximate surface area is 128 Å². The molecule has 0 aliphatic carbocycles. The van der Waals surface area contributed by atoms with Crippen molar-refractivity contribution in [2.75, 3.05) is 18.0 Å². The zero-order valence-electron chi connectivity index (χ0n) is 12.4. The lowest BCUT2D eigenvalue weighted by atomic mass is 9.91. The summed E-state index contributed by atoms with van der Waals surface area (Å²) in [5.74, 6) is 3.03. The molecule has 0 radical (unpaired) electrons. The monoisotopic (exact) mass is 299 g/mol. The lowest BCUT2D eigenvalue weighted by Gasteiger charge is -2.38. The maximum Gasteiger partial charge on any atom is 0.311 e. The van der Waals surface area contributed by atoms with Crippen molar-refractivity contribution in [2.45, 2.75) is 31.5 Å². The molecule has 22 heavy (non-hydrogen) atoms. The summed E-state index contributed by atoms with van der Waals surface area (Å²) < 4.78 is 5.90. The number of rotatable bonds is 2. The second-order valence-corrected chi connectivity index (χ2v) is 5.67. The fourth-order valence-corrected chi connectivity index (χ4v) is 2.98. The first-order valence-corrected chi connectivity index (χ1v) is 7.23. The molecule has 0 bridgehead atoms. The van der Waals surface area contributed by atoms with E-state index in [1.165, 1.54) is 6.07 Å². The van der Waals surface area contributed by atoms with Gasteiger partial charge in [-0.15, -0.1) is 6.42 Å². The Hall–Kier alpha value is -2.39. The Morgan fingerprint density at radius 1 is 1.50 bits per heavy atom. The first-order valence-electron chi connectivity index (χ1n) is 7.23. The molecule has 2 aliphatic heterocycles. The summed E-state index contributed by atoms with van der Waals surface area (Å²) in [6.07, 6.45) is 10.6. The van der Waals surface area contributed by atoms with E-state index in [0.29, 0.717) is 18.9 Å². The maximum absolute atomic E-state index is 11.2. The van der Waals surface area contributed by atoms with Gasteiger partial charge in [-0.3, -0.25) is 10.1 Å². The number of aromatic nitrogens is 1. The second kappa shape index (κ2) is 5.43. The van der Waals surface area contributed by atoms with E-state index in [-0.39, 0.29) is 22.3 Å². The van der Waals surface area contributed by atoms with Gasteiger partial charge in [0.25, 0.3) is 0 Å². The molecule has 1 aromatic heterocycles. The summed E-state index contributed by atoms with van der Waals surface area (Å²) in [7, 11) is 0. The number of terminal acetylenes is 1. The van der Waals surface area contributed by atoms with Crippen molar-refractivity contribution in [3.8, 4) is 12.3 Å². The Morgan fingerprint density at radius 2 is 2.23 bits per heavy atom. The van der Waals surface area contributed by atoms with Gasteiger partial charge in [0.2, 0.25) is 5.82 Å². The van der Waals surface area contributed by atoms with Gasteiger partial charge in [0, 0.05) is 24.8 Å². The topological polar surface area (TPSA) is 68.5 Å². The molecule has 1 aromatic rings. The first-order chi connectivity index (χ1) is 10.5. The molecule has 1 fully saturated rings. The molecule has 6 nitrogen and oxygen atoms in total. The number of aryl methyl sites for hydroxylation is 1. The van der Waals surface area contributed by atoms with Gasteiger partial charge < -0.3 is 9.64 Å². The Morgan fingerprint density at radius 3 is 2.82 bits per heavy atom. The van der Waals surface area contributed by atoms with Crippen molar-refractivity contribution in [2.24, 2.45) is 0 Å². The highest BCUT2D eigenvalue weighted by atomic mass is 16.6. The summed E-state index contributed by atoms with van der Waals surface area (Å²) in [5.41, 5.74) is 0.489. The van der Waals surface area contributed by atoms with Gasteiger partial charge in [-0.1, -0.05) is 12.0 Å². The van der Waals surface area contributed by atoms with E-state index in [9.17, 15) is 10.1 Å². The number of pyridine rings is 1. The van der Waals surface area contributed by atoms with E-state index in [0.717, 1.165) is 18.5 Å². The van der Waals surface area contributed by atoms with Crippen LogP contribution in [0.2, 0.25) is 0 Å². The third-order valence-corrected chi connectivity index (χ3v) is 4.20. The van der Waals surface area contributed by atoms with Gasteiger partial charge in [0.15, 0.2) is 0 Å². The van der Waals surface area contributed by atoms with Crippen molar-refractivity contribution in [3.05, 3.63) is 40.1 Å². The summed E-state index contributed by atoms with van der Waals surface area (Å²) in [6.45, 7) is 3.14. The average molecular weight is 299 g/mol. The van der Waals surface area contributed by atoms with Gasteiger partial charge in [0.05, 0.1) is 10.5 Å². The van der Waals surface area contributed by atoms with E-state index >= 15 is 0 Å². The predicted molar refractivity (Wildman–Crippen MR) is 82.7 cm³/mol. The number of ether oxygens (including phenoxy) is 1. The minimum Gasteiger partial charge on any atom is -0.351 e. The van der Waals surface area contributed by atoms with Crippen LogP contribution in [0.5, 0.6) is 0 Å². The lowest BCUT2D eigenvalue weighted by molar-refractivity contribution is -0.384. The fourth-order valence-electron chi connectivity index (χ4n) is 2.98. The Kier molecular flexibility index (Phi) is 3.59. The van der Waals surface area contributed by atoms with Crippen LogP contribution >= 0.6 is 0 Å². The molecule has 0 aromatic carbocycles. The van der Waals surface area contributed by atoms with E-state index in [4.69, 9.17) is 11.2 Å². The molecule has 1 saturated heterocycles. The van der Waals surface area contributed by atoms with Gasteiger partial charge in [-0.05, 0) is 31.9 Å². The normalized spacial score (nSPS) is 22.7. The molecule has 0 saturated carbocycles. The van der Waals surface area contributed by atoms with Crippen LogP contribution in [0.4, 0.5) is 11.5 Å². The van der Waals surface area contributed by atoms with Crippen LogP contribution < -0.4 is 4.90 Å². The molecule has 6 heteroatoms. The van der Waals surface area contributed by atoms with Crippen LogP contribution in [-0.2, 0) is 4.74 Å². The molecule has 1 atom stereocenters. The van der Waals surface area contributed by atoms with E-state index < -0.39 is 0 Å². The van der Waals surface area contributed by atoms with Gasteiger partial charge in [-0.2, -0.15) is 0 Å².